The zero-order chi connectivity index (χ0) is 21.2. The van der Waals surface area contributed by atoms with Crippen LogP contribution < -0.4 is 15.4 Å². The second-order valence-electron chi connectivity index (χ2n) is 6.42. The fourth-order valence-corrected chi connectivity index (χ4v) is 3.57. The molecule has 0 aromatic heterocycles. The molecule has 0 spiro atoms. The summed E-state index contributed by atoms with van der Waals surface area (Å²) >= 11 is 20.7. The minimum atomic E-state index is -0.338. The molecule has 2 N–H and O–H groups in total. The third kappa shape index (κ3) is 8.13. The van der Waals surface area contributed by atoms with Crippen molar-refractivity contribution in [1.29, 1.82) is 0 Å². The molecule has 2 aromatic rings. The first-order valence-corrected chi connectivity index (χ1v) is 11.3. The molecule has 0 heterocycles. The molecule has 29 heavy (non-hydrogen) atoms. The third-order valence-electron chi connectivity index (χ3n) is 4.12. The highest BCUT2D eigenvalue weighted by atomic mass is 79.9. The van der Waals surface area contributed by atoms with E-state index in [0.29, 0.717) is 34.5 Å². The fourth-order valence-electron chi connectivity index (χ4n) is 2.57. The van der Waals surface area contributed by atoms with Gasteiger partial charge in [-0.1, -0.05) is 71.4 Å². The highest BCUT2D eigenvalue weighted by Gasteiger charge is 2.15. The van der Waals surface area contributed by atoms with Gasteiger partial charge in [-0.3, -0.25) is 10.1 Å². The maximum atomic E-state index is 12.7. The Hall–Kier alpha value is -1.34. The van der Waals surface area contributed by atoms with E-state index >= 15 is 0 Å². The highest BCUT2D eigenvalue weighted by molar-refractivity contribution is 9.10. The molecular weight excluding hydrogens is 495 g/mol. The van der Waals surface area contributed by atoms with Gasteiger partial charge in [-0.15, -0.1) is 0 Å². The van der Waals surface area contributed by atoms with E-state index in [1.807, 2.05) is 6.07 Å². The van der Waals surface area contributed by atoms with Gasteiger partial charge in [0.1, 0.15) is 5.75 Å². The molecule has 2 rings (SSSR count). The lowest BCUT2D eigenvalue weighted by Gasteiger charge is -2.14. The van der Waals surface area contributed by atoms with E-state index in [1.54, 1.807) is 30.3 Å². The summed E-state index contributed by atoms with van der Waals surface area (Å²) in [6.07, 6.45) is 4.40. The minimum absolute atomic E-state index is 0.204. The van der Waals surface area contributed by atoms with Crippen LogP contribution in [0.2, 0.25) is 10.0 Å². The molecule has 0 unspecified atom stereocenters. The monoisotopic (exact) mass is 516 g/mol. The number of hydrogen-bond acceptors (Lipinski definition) is 3. The summed E-state index contributed by atoms with van der Waals surface area (Å²) in [4.78, 5) is 12.7. The van der Waals surface area contributed by atoms with Crippen molar-refractivity contribution >= 4 is 62.4 Å². The number of thiocarbonyl (C=S) groups is 1. The molecule has 4 nitrogen and oxygen atoms in total. The smallest absolute Gasteiger partial charge is 0.261 e. The molecule has 2 aromatic carbocycles. The lowest BCUT2D eigenvalue weighted by Crippen LogP contribution is -2.39. The van der Waals surface area contributed by atoms with Crippen molar-refractivity contribution in [3.05, 3.63) is 62.0 Å². The molecule has 8 heteroatoms. The number of benzene rings is 2. The minimum Gasteiger partial charge on any atom is -0.493 e. The van der Waals surface area contributed by atoms with Crippen molar-refractivity contribution in [2.75, 3.05) is 6.61 Å². The van der Waals surface area contributed by atoms with Crippen molar-refractivity contribution in [2.24, 2.45) is 0 Å². The Morgan fingerprint density at radius 1 is 1.14 bits per heavy atom. The van der Waals surface area contributed by atoms with E-state index < -0.39 is 0 Å². The zero-order valence-electron chi connectivity index (χ0n) is 16.1. The van der Waals surface area contributed by atoms with Crippen LogP contribution in [-0.4, -0.2) is 17.6 Å². The average molecular weight is 518 g/mol. The lowest BCUT2D eigenvalue weighted by molar-refractivity contribution is 0.0972. The molecule has 156 valence electrons. The summed E-state index contributed by atoms with van der Waals surface area (Å²) in [5, 5.41) is 6.96. The van der Waals surface area contributed by atoms with E-state index in [2.05, 4.69) is 33.5 Å². The zero-order valence-corrected chi connectivity index (χ0v) is 20.0. The predicted molar refractivity (Wildman–Crippen MR) is 127 cm³/mol. The van der Waals surface area contributed by atoms with Gasteiger partial charge in [-0.25, -0.2) is 0 Å². The van der Waals surface area contributed by atoms with Crippen LogP contribution in [0.5, 0.6) is 5.75 Å². The Balaban J connectivity index is 1.94. The van der Waals surface area contributed by atoms with Crippen LogP contribution >= 0.6 is 51.3 Å². The predicted octanol–water partition coefficient (Wildman–Crippen LogP) is 6.52. The standard InChI is InChI=1S/C21H23BrCl2N2O2S/c1-2-3-4-5-10-28-19-9-7-15(22)11-17(19)20(27)26-21(29)25-13-14-6-8-16(23)12-18(14)24/h6-9,11-12H,2-5,10,13H2,1H3,(H2,25,26,27,29). The van der Waals surface area contributed by atoms with E-state index in [1.165, 1.54) is 6.42 Å². The molecule has 0 atom stereocenters. The summed E-state index contributed by atoms with van der Waals surface area (Å²) in [6, 6.07) is 10.6. The average Bonchev–Trinajstić information content (AvgIpc) is 2.68. The fraction of sp³-hybridized carbons (Fsp3) is 0.333. The molecule has 0 saturated carbocycles. The molecule has 0 radical (unpaired) electrons. The maximum Gasteiger partial charge on any atom is 0.261 e. The Bertz CT molecular complexity index is 865. The number of rotatable bonds is 9. The third-order valence-corrected chi connectivity index (χ3v) is 5.45. The van der Waals surface area contributed by atoms with Gasteiger partial charge in [0, 0.05) is 21.1 Å². The number of carbonyl (C=O) groups excluding carboxylic acids is 1. The topological polar surface area (TPSA) is 50.4 Å². The second kappa shape index (κ2) is 12.4. The molecule has 1 amide bonds. The highest BCUT2D eigenvalue weighted by Crippen LogP contribution is 2.24. The molecule has 0 fully saturated rings. The van der Waals surface area contributed by atoms with Gasteiger partial charge in [-0.05, 0) is 54.5 Å². The van der Waals surface area contributed by atoms with Gasteiger partial charge in [0.2, 0.25) is 0 Å². The van der Waals surface area contributed by atoms with Gasteiger partial charge in [0.15, 0.2) is 5.11 Å². The van der Waals surface area contributed by atoms with E-state index in [0.717, 1.165) is 29.3 Å². The van der Waals surface area contributed by atoms with E-state index in [9.17, 15) is 4.79 Å². The number of ether oxygens (including phenoxy) is 1. The first-order valence-electron chi connectivity index (χ1n) is 9.36. The summed E-state index contributed by atoms with van der Waals surface area (Å²) in [5.41, 5.74) is 1.25. The Morgan fingerprint density at radius 2 is 1.93 bits per heavy atom. The van der Waals surface area contributed by atoms with Crippen LogP contribution in [0.25, 0.3) is 0 Å². The van der Waals surface area contributed by atoms with Crippen LogP contribution in [0.1, 0.15) is 48.5 Å². The van der Waals surface area contributed by atoms with Gasteiger partial charge in [0.25, 0.3) is 5.91 Å². The lowest BCUT2D eigenvalue weighted by atomic mass is 10.2. The van der Waals surface area contributed by atoms with Gasteiger partial charge in [-0.2, -0.15) is 0 Å². The van der Waals surface area contributed by atoms with Crippen molar-refractivity contribution in [3.63, 3.8) is 0 Å². The van der Waals surface area contributed by atoms with Crippen LogP contribution in [0.15, 0.2) is 40.9 Å². The molecule has 0 aliphatic carbocycles. The second-order valence-corrected chi connectivity index (χ2v) is 8.59. The molecule has 0 saturated heterocycles. The number of hydrogen-bond donors (Lipinski definition) is 2. The van der Waals surface area contributed by atoms with Crippen molar-refractivity contribution in [2.45, 2.75) is 39.2 Å². The first-order chi connectivity index (χ1) is 13.9. The van der Waals surface area contributed by atoms with Gasteiger partial charge >= 0.3 is 0 Å². The quantitative estimate of drug-likeness (QED) is 0.293. The van der Waals surface area contributed by atoms with Gasteiger partial charge < -0.3 is 10.1 Å². The molecular formula is C21H23BrCl2N2O2S. The number of amides is 1. The summed E-state index contributed by atoms with van der Waals surface area (Å²) in [6.45, 7) is 3.10. The van der Waals surface area contributed by atoms with E-state index in [4.69, 9.17) is 40.2 Å². The van der Waals surface area contributed by atoms with Gasteiger partial charge in [0.05, 0.1) is 12.2 Å². The van der Waals surface area contributed by atoms with Crippen LogP contribution in [0.3, 0.4) is 0 Å². The molecule has 0 aliphatic heterocycles. The van der Waals surface area contributed by atoms with E-state index in [-0.39, 0.29) is 11.0 Å². The Kier molecular flexibility index (Phi) is 10.2. The Morgan fingerprint density at radius 3 is 2.66 bits per heavy atom. The first kappa shape index (κ1) is 23.9. The number of nitrogens with one attached hydrogen (secondary N) is 2. The normalized spacial score (nSPS) is 10.5. The summed E-state index contributed by atoms with van der Waals surface area (Å²) < 4.78 is 6.61. The van der Waals surface area contributed by atoms with Crippen molar-refractivity contribution in [1.82, 2.24) is 10.6 Å². The van der Waals surface area contributed by atoms with Crippen LogP contribution in [0, 0.1) is 0 Å². The molecule has 0 bridgehead atoms. The molecule has 0 aliphatic rings. The Labute approximate surface area is 195 Å². The SMILES string of the molecule is CCCCCCOc1ccc(Br)cc1C(=O)NC(=S)NCc1ccc(Cl)cc1Cl. The van der Waals surface area contributed by atoms with Crippen LogP contribution in [-0.2, 0) is 6.54 Å². The summed E-state index contributed by atoms with van der Waals surface area (Å²) in [5.74, 6) is 0.195. The van der Waals surface area contributed by atoms with Crippen LogP contribution in [0.4, 0.5) is 0 Å². The summed E-state index contributed by atoms with van der Waals surface area (Å²) in [7, 11) is 0. The largest absolute Gasteiger partial charge is 0.493 e. The van der Waals surface area contributed by atoms with Crippen molar-refractivity contribution in [3.8, 4) is 5.75 Å². The van der Waals surface area contributed by atoms with Crippen molar-refractivity contribution < 1.29 is 9.53 Å². The number of carbonyl (C=O) groups is 1. The number of unbranched alkanes of at least 4 members (excludes halogenated alkanes) is 3. The number of halogens is 3. The maximum absolute atomic E-state index is 12.7.